The number of carbonyl (C=O) groups is 1. The fourth-order valence-corrected chi connectivity index (χ4v) is 6.81. The molecule has 1 amide bonds. The molecule has 9 heteroatoms. The number of nitrogens with zero attached hydrogens (tertiary/aromatic N) is 5. The molecule has 0 saturated carbocycles. The lowest BCUT2D eigenvalue weighted by Crippen LogP contribution is -2.57. The van der Waals surface area contributed by atoms with Gasteiger partial charge < -0.3 is 24.3 Å². The first kappa shape index (κ1) is 26.5. The van der Waals surface area contributed by atoms with Crippen molar-refractivity contribution in [1.82, 2.24) is 20.2 Å². The summed E-state index contributed by atoms with van der Waals surface area (Å²) in [4.78, 5) is 26.8. The van der Waals surface area contributed by atoms with Crippen LogP contribution >= 0.6 is 0 Å². The molecular weight excluding hydrogens is 528 g/mol. The summed E-state index contributed by atoms with van der Waals surface area (Å²) in [5.41, 5.74) is 5.62. The fourth-order valence-electron chi connectivity index (χ4n) is 6.81. The van der Waals surface area contributed by atoms with Crippen LogP contribution in [0, 0.1) is 23.2 Å². The number of hydrogen-bond donors (Lipinski definition) is 1. The van der Waals surface area contributed by atoms with E-state index in [1.165, 1.54) is 0 Å². The predicted molar refractivity (Wildman–Crippen MR) is 160 cm³/mol. The van der Waals surface area contributed by atoms with Crippen LogP contribution in [-0.2, 0) is 0 Å². The number of ether oxygens (including phenoxy) is 1. The Morgan fingerprint density at radius 3 is 2.64 bits per heavy atom. The van der Waals surface area contributed by atoms with Crippen molar-refractivity contribution in [3.63, 3.8) is 0 Å². The van der Waals surface area contributed by atoms with Crippen molar-refractivity contribution in [2.24, 2.45) is 11.8 Å². The number of nitriles is 1. The summed E-state index contributed by atoms with van der Waals surface area (Å²) in [6, 6.07) is 14.0. The van der Waals surface area contributed by atoms with E-state index < -0.39 is 0 Å². The number of hydrogen-bond acceptors (Lipinski definition) is 8. The number of furan rings is 1. The Morgan fingerprint density at radius 1 is 1.07 bits per heavy atom. The molecule has 0 unspecified atom stereocenters. The van der Waals surface area contributed by atoms with Crippen molar-refractivity contribution >= 4 is 22.7 Å². The number of rotatable bonds is 6. The zero-order chi connectivity index (χ0) is 28.8. The maximum absolute atomic E-state index is 13.1. The van der Waals surface area contributed by atoms with E-state index in [9.17, 15) is 10.1 Å². The number of nitrogens with one attached hydrogen (secondary N) is 1. The zero-order valence-electron chi connectivity index (χ0n) is 24.0. The average molecular weight is 563 g/mol. The molecule has 2 bridgehead atoms. The van der Waals surface area contributed by atoms with Crippen LogP contribution in [0.15, 0.2) is 53.2 Å². The van der Waals surface area contributed by atoms with Crippen molar-refractivity contribution < 1.29 is 13.9 Å². The van der Waals surface area contributed by atoms with Crippen molar-refractivity contribution in [2.45, 2.75) is 32.2 Å². The minimum atomic E-state index is -0.188. The van der Waals surface area contributed by atoms with E-state index in [2.05, 4.69) is 38.1 Å². The average Bonchev–Trinajstić information content (AvgIpc) is 3.67. The van der Waals surface area contributed by atoms with Gasteiger partial charge in [-0.3, -0.25) is 14.8 Å². The number of methoxy groups -OCH3 is 1. The Bertz CT molecular complexity index is 1700. The van der Waals surface area contributed by atoms with E-state index in [0.717, 1.165) is 68.8 Å². The van der Waals surface area contributed by atoms with Gasteiger partial charge in [-0.15, -0.1) is 0 Å². The molecule has 4 aromatic rings. The van der Waals surface area contributed by atoms with Crippen LogP contribution in [0.5, 0.6) is 5.75 Å². The van der Waals surface area contributed by atoms with Crippen LogP contribution in [0.25, 0.3) is 33.6 Å². The number of fused-ring (bicyclic) bond motifs is 4. The smallest absolute Gasteiger partial charge is 0.270 e. The normalized spacial score (nSPS) is 23.2. The van der Waals surface area contributed by atoms with Crippen LogP contribution in [-0.4, -0.2) is 66.7 Å². The van der Waals surface area contributed by atoms with Crippen LogP contribution < -0.4 is 15.0 Å². The summed E-state index contributed by atoms with van der Waals surface area (Å²) in [5, 5.41) is 13.2. The molecule has 2 atom stereocenters. The molecule has 42 heavy (non-hydrogen) atoms. The first-order chi connectivity index (χ1) is 20.5. The second kappa shape index (κ2) is 10.8. The van der Waals surface area contributed by atoms with E-state index in [4.69, 9.17) is 9.15 Å². The molecule has 7 heterocycles. The third kappa shape index (κ3) is 4.76. The molecule has 1 aromatic carbocycles. The maximum atomic E-state index is 13.1. The van der Waals surface area contributed by atoms with Gasteiger partial charge in [-0.05, 0) is 68.0 Å². The Labute approximate surface area is 245 Å². The highest BCUT2D eigenvalue weighted by molar-refractivity contribution is 5.95. The topological polar surface area (TPSA) is 108 Å². The minimum absolute atomic E-state index is 0.155. The first-order valence-electron chi connectivity index (χ1n) is 14.8. The molecular formula is C33H34N6O3. The zero-order valence-corrected chi connectivity index (χ0v) is 24.0. The lowest BCUT2D eigenvalue weighted by Gasteiger charge is -2.44. The highest BCUT2D eigenvalue weighted by atomic mass is 16.5. The third-order valence-corrected chi connectivity index (χ3v) is 9.16. The summed E-state index contributed by atoms with van der Waals surface area (Å²) in [6.45, 7) is 7.31. The van der Waals surface area contributed by atoms with Gasteiger partial charge in [0.2, 0.25) is 0 Å². The molecule has 8 rings (SSSR count). The third-order valence-electron chi connectivity index (χ3n) is 9.16. The van der Waals surface area contributed by atoms with Crippen molar-refractivity contribution in [1.29, 1.82) is 5.26 Å². The number of piperidine rings is 3. The highest BCUT2D eigenvalue weighted by Crippen LogP contribution is 2.38. The summed E-state index contributed by atoms with van der Waals surface area (Å²) in [7, 11) is 1.58. The Kier molecular flexibility index (Phi) is 6.79. The summed E-state index contributed by atoms with van der Waals surface area (Å²) in [6.07, 6.45) is 6.76. The number of benzene rings is 1. The number of aromatic nitrogens is 2. The number of carbonyl (C=O) groups excluding carboxylic acids is 1. The van der Waals surface area contributed by atoms with Gasteiger partial charge >= 0.3 is 0 Å². The second-order valence-corrected chi connectivity index (χ2v) is 11.9. The monoisotopic (exact) mass is 562 g/mol. The van der Waals surface area contributed by atoms with E-state index in [1.807, 2.05) is 30.3 Å². The van der Waals surface area contributed by atoms with Gasteiger partial charge in [-0.25, -0.2) is 0 Å². The first-order valence-corrected chi connectivity index (χ1v) is 14.8. The van der Waals surface area contributed by atoms with Gasteiger partial charge in [-0.1, -0.05) is 13.0 Å². The number of pyridine rings is 2. The molecule has 4 aliphatic heterocycles. The lowest BCUT2D eigenvalue weighted by atomic mass is 9.84. The molecule has 3 aromatic heterocycles. The number of anilines is 1. The molecule has 4 fully saturated rings. The molecule has 0 spiro atoms. The largest absolute Gasteiger partial charge is 0.496 e. The van der Waals surface area contributed by atoms with Gasteiger partial charge in [0.25, 0.3) is 5.91 Å². The van der Waals surface area contributed by atoms with Crippen molar-refractivity contribution in [3.05, 3.63) is 60.0 Å². The van der Waals surface area contributed by atoms with Crippen LogP contribution in [0.4, 0.5) is 5.69 Å². The highest BCUT2D eigenvalue weighted by Gasteiger charge is 2.35. The van der Waals surface area contributed by atoms with Gasteiger partial charge in [0.1, 0.15) is 28.8 Å². The molecule has 1 N–H and O–H groups in total. The molecule has 4 aliphatic rings. The predicted octanol–water partition coefficient (Wildman–Crippen LogP) is 5.11. The Hall–Kier alpha value is -4.42. The summed E-state index contributed by atoms with van der Waals surface area (Å²) < 4.78 is 12.1. The standard InChI is InChI=1S/C33H34N6O3/c1-20-6-12-39(18-20)29-4-3-22(13-23(29)16-34)24-5-9-35-26-14-31(42-32(24)26)25-17-36-27(15-30(25)41-2)33(40)37-28-19-38-10-7-21(28)8-11-38/h3-5,9,13-15,17,20-21,28H,6-8,10-12,18-19H2,1-2H3,(H,37,40)/t20-,28+/m0/s1. The van der Waals surface area contributed by atoms with Crippen LogP contribution in [0.3, 0.4) is 0 Å². The maximum Gasteiger partial charge on any atom is 0.270 e. The quantitative estimate of drug-likeness (QED) is 0.346. The molecule has 0 radical (unpaired) electrons. The number of amides is 1. The van der Waals surface area contributed by atoms with Crippen molar-refractivity contribution in [2.75, 3.05) is 44.7 Å². The van der Waals surface area contributed by atoms with E-state index >= 15 is 0 Å². The fraction of sp³-hybridized carbons (Fsp3) is 0.394. The lowest BCUT2D eigenvalue weighted by molar-refractivity contribution is 0.0617. The second-order valence-electron chi connectivity index (χ2n) is 11.9. The van der Waals surface area contributed by atoms with E-state index in [1.54, 1.807) is 25.6 Å². The summed E-state index contributed by atoms with van der Waals surface area (Å²) >= 11 is 0. The van der Waals surface area contributed by atoms with Gasteiger partial charge in [0.05, 0.1) is 23.9 Å². The minimum Gasteiger partial charge on any atom is -0.496 e. The SMILES string of the molecule is COc1cc(C(=O)N[C@@H]2CN3CCC2CC3)ncc1-c1cc2nccc(-c3ccc(N4CC[C@H](C)C4)c(C#N)c3)c2o1. The van der Waals surface area contributed by atoms with Crippen LogP contribution in [0.1, 0.15) is 42.2 Å². The van der Waals surface area contributed by atoms with Gasteiger partial charge in [-0.2, -0.15) is 5.26 Å². The molecule has 9 nitrogen and oxygen atoms in total. The van der Waals surface area contributed by atoms with E-state index in [0.29, 0.717) is 51.3 Å². The Balaban J connectivity index is 1.18. The van der Waals surface area contributed by atoms with Gasteiger partial charge in [0, 0.05) is 55.8 Å². The summed E-state index contributed by atoms with van der Waals surface area (Å²) in [5.74, 6) is 2.01. The van der Waals surface area contributed by atoms with Gasteiger partial charge in [0.15, 0.2) is 5.58 Å². The van der Waals surface area contributed by atoms with Crippen molar-refractivity contribution in [3.8, 4) is 34.3 Å². The molecule has 214 valence electrons. The Morgan fingerprint density at radius 2 is 1.93 bits per heavy atom. The van der Waals surface area contributed by atoms with Crippen LogP contribution in [0.2, 0.25) is 0 Å². The molecule has 4 saturated heterocycles. The molecule has 0 aliphatic carbocycles. The van der Waals surface area contributed by atoms with E-state index in [-0.39, 0.29) is 11.9 Å².